The second kappa shape index (κ2) is 8.41. The molecule has 4 rings (SSSR count). The van der Waals surface area contributed by atoms with E-state index < -0.39 is 5.97 Å². The molecule has 0 radical (unpaired) electrons. The molecule has 0 saturated heterocycles. The van der Waals surface area contributed by atoms with E-state index in [-0.39, 0.29) is 12.4 Å². The first-order valence-corrected chi connectivity index (χ1v) is 9.76. The van der Waals surface area contributed by atoms with Crippen LogP contribution in [-0.4, -0.2) is 41.4 Å². The van der Waals surface area contributed by atoms with Crippen LogP contribution >= 0.6 is 0 Å². The summed E-state index contributed by atoms with van der Waals surface area (Å²) in [6.45, 7) is 4.29. The fourth-order valence-corrected chi connectivity index (χ4v) is 3.38. The number of ketones is 1. The van der Waals surface area contributed by atoms with Gasteiger partial charge in [-0.25, -0.2) is 9.48 Å². The number of esters is 1. The highest BCUT2D eigenvalue weighted by Crippen LogP contribution is 2.30. The fraction of sp³-hybridized carbons (Fsp3) is 0.261. The first-order chi connectivity index (χ1) is 14.5. The largest absolute Gasteiger partial charge is 0.490 e. The van der Waals surface area contributed by atoms with Crippen LogP contribution in [0.15, 0.2) is 48.5 Å². The average molecular weight is 406 g/mol. The number of aromatic nitrogens is 2. The van der Waals surface area contributed by atoms with Crippen molar-refractivity contribution in [1.29, 1.82) is 0 Å². The number of hydrogen-bond donors (Lipinski definition) is 0. The zero-order valence-corrected chi connectivity index (χ0v) is 16.9. The van der Waals surface area contributed by atoms with Crippen LogP contribution in [-0.2, 0) is 4.74 Å². The Balaban J connectivity index is 1.47. The van der Waals surface area contributed by atoms with E-state index in [2.05, 4.69) is 5.10 Å². The van der Waals surface area contributed by atoms with Gasteiger partial charge in [0.05, 0.1) is 30.3 Å². The standard InChI is InChI=1S/C23H22N2O5/c1-15-22(16(2)25(24-15)18-7-4-3-5-8-18)23(27)30-14-19(26)17-9-10-20-21(13-17)29-12-6-11-28-20/h3-5,7-10,13H,6,11-12,14H2,1-2H3. The SMILES string of the molecule is Cc1nn(-c2ccccc2)c(C)c1C(=O)OCC(=O)c1ccc2c(c1)OCCCO2. The Kier molecular flexibility index (Phi) is 5.52. The lowest BCUT2D eigenvalue weighted by Gasteiger charge is -2.09. The Morgan fingerprint density at radius 2 is 1.77 bits per heavy atom. The van der Waals surface area contributed by atoms with Gasteiger partial charge in [0.15, 0.2) is 23.9 Å². The van der Waals surface area contributed by atoms with Gasteiger partial charge in [0.25, 0.3) is 0 Å². The van der Waals surface area contributed by atoms with E-state index in [0.717, 1.165) is 12.1 Å². The van der Waals surface area contributed by atoms with E-state index in [9.17, 15) is 9.59 Å². The smallest absolute Gasteiger partial charge is 0.342 e. The van der Waals surface area contributed by atoms with Crippen molar-refractivity contribution in [1.82, 2.24) is 9.78 Å². The summed E-state index contributed by atoms with van der Waals surface area (Å²) in [6.07, 6.45) is 0.783. The Morgan fingerprint density at radius 3 is 2.53 bits per heavy atom. The molecule has 154 valence electrons. The number of ether oxygens (including phenoxy) is 3. The van der Waals surface area contributed by atoms with Gasteiger partial charge in [0.1, 0.15) is 5.56 Å². The van der Waals surface area contributed by atoms with Crippen LogP contribution < -0.4 is 9.47 Å². The molecule has 7 nitrogen and oxygen atoms in total. The molecule has 0 unspecified atom stereocenters. The molecule has 1 aliphatic rings. The predicted octanol–water partition coefficient (Wildman–Crippen LogP) is 3.69. The topological polar surface area (TPSA) is 79.7 Å². The highest BCUT2D eigenvalue weighted by atomic mass is 16.5. The van der Waals surface area contributed by atoms with Gasteiger partial charge < -0.3 is 14.2 Å². The number of carbonyl (C=O) groups excluding carboxylic acids is 2. The molecule has 0 spiro atoms. The van der Waals surface area contributed by atoms with Gasteiger partial charge in [0, 0.05) is 12.0 Å². The molecule has 0 aliphatic carbocycles. The zero-order chi connectivity index (χ0) is 21.1. The second-order valence-electron chi connectivity index (χ2n) is 7.00. The number of hydrogen-bond acceptors (Lipinski definition) is 6. The molecular formula is C23H22N2O5. The second-order valence-corrected chi connectivity index (χ2v) is 7.00. The normalized spacial score (nSPS) is 12.9. The van der Waals surface area contributed by atoms with Gasteiger partial charge in [-0.05, 0) is 44.2 Å². The monoisotopic (exact) mass is 406 g/mol. The van der Waals surface area contributed by atoms with Crippen molar-refractivity contribution in [2.45, 2.75) is 20.3 Å². The molecular weight excluding hydrogens is 384 g/mol. The highest BCUT2D eigenvalue weighted by molar-refractivity contribution is 6.00. The van der Waals surface area contributed by atoms with Crippen LogP contribution in [0.25, 0.3) is 5.69 Å². The first-order valence-electron chi connectivity index (χ1n) is 9.76. The van der Waals surface area contributed by atoms with Crippen LogP contribution in [0.1, 0.15) is 38.5 Å². The van der Waals surface area contributed by atoms with Crippen molar-refractivity contribution in [2.75, 3.05) is 19.8 Å². The van der Waals surface area contributed by atoms with Gasteiger partial charge in [-0.1, -0.05) is 18.2 Å². The number of para-hydroxylation sites is 1. The number of rotatable bonds is 5. The predicted molar refractivity (Wildman–Crippen MR) is 110 cm³/mol. The molecule has 3 aromatic rings. The van der Waals surface area contributed by atoms with Crippen LogP contribution in [0, 0.1) is 13.8 Å². The maximum atomic E-state index is 12.7. The van der Waals surface area contributed by atoms with E-state index in [1.807, 2.05) is 30.3 Å². The zero-order valence-electron chi connectivity index (χ0n) is 16.9. The highest BCUT2D eigenvalue weighted by Gasteiger charge is 2.22. The molecule has 0 N–H and O–H groups in total. The Morgan fingerprint density at radius 1 is 1.03 bits per heavy atom. The molecule has 2 heterocycles. The lowest BCUT2D eigenvalue weighted by Crippen LogP contribution is -2.15. The van der Waals surface area contributed by atoms with Crippen LogP contribution in [0.4, 0.5) is 0 Å². The summed E-state index contributed by atoms with van der Waals surface area (Å²) >= 11 is 0. The summed E-state index contributed by atoms with van der Waals surface area (Å²) in [7, 11) is 0. The third-order valence-corrected chi connectivity index (χ3v) is 4.90. The summed E-state index contributed by atoms with van der Waals surface area (Å²) in [5.41, 5.74) is 2.82. The van der Waals surface area contributed by atoms with E-state index in [4.69, 9.17) is 14.2 Å². The number of fused-ring (bicyclic) bond motifs is 1. The molecule has 0 amide bonds. The first kappa shape index (κ1) is 19.7. The Labute approximate surface area is 174 Å². The van der Waals surface area contributed by atoms with Gasteiger partial charge in [-0.2, -0.15) is 5.10 Å². The molecule has 7 heteroatoms. The van der Waals surface area contributed by atoms with Crippen molar-refractivity contribution in [3.05, 3.63) is 71.0 Å². The summed E-state index contributed by atoms with van der Waals surface area (Å²) in [5.74, 6) is 0.251. The molecule has 0 fully saturated rings. The number of Topliss-reactive ketones (excluding diaryl/α,β-unsaturated/α-hetero) is 1. The van der Waals surface area contributed by atoms with E-state index in [1.165, 1.54) is 0 Å². The Hall–Kier alpha value is -3.61. The van der Waals surface area contributed by atoms with E-state index in [1.54, 1.807) is 36.7 Å². The summed E-state index contributed by atoms with van der Waals surface area (Å²) in [4.78, 5) is 25.2. The summed E-state index contributed by atoms with van der Waals surface area (Å²) in [5, 5.41) is 4.44. The minimum atomic E-state index is -0.574. The number of carbonyl (C=O) groups is 2. The van der Waals surface area contributed by atoms with Crippen molar-refractivity contribution in [3.8, 4) is 17.2 Å². The molecule has 1 aromatic heterocycles. The maximum Gasteiger partial charge on any atom is 0.342 e. The van der Waals surface area contributed by atoms with Crippen molar-refractivity contribution in [3.63, 3.8) is 0 Å². The molecule has 0 saturated carbocycles. The van der Waals surface area contributed by atoms with Crippen molar-refractivity contribution in [2.24, 2.45) is 0 Å². The minimum absolute atomic E-state index is 0.315. The number of nitrogens with zero attached hydrogens (tertiary/aromatic N) is 2. The molecule has 30 heavy (non-hydrogen) atoms. The number of aryl methyl sites for hydroxylation is 1. The van der Waals surface area contributed by atoms with Crippen LogP contribution in [0.2, 0.25) is 0 Å². The van der Waals surface area contributed by atoms with Crippen LogP contribution in [0.3, 0.4) is 0 Å². The third kappa shape index (κ3) is 3.91. The van der Waals surface area contributed by atoms with Gasteiger partial charge >= 0.3 is 5.97 Å². The number of benzene rings is 2. The van der Waals surface area contributed by atoms with E-state index >= 15 is 0 Å². The van der Waals surface area contributed by atoms with Crippen LogP contribution in [0.5, 0.6) is 11.5 Å². The average Bonchev–Trinajstić information content (AvgIpc) is 2.92. The van der Waals surface area contributed by atoms with Gasteiger partial charge in [-0.15, -0.1) is 0 Å². The Bertz CT molecular complexity index is 1090. The van der Waals surface area contributed by atoms with E-state index in [0.29, 0.717) is 47.2 Å². The molecule has 2 aromatic carbocycles. The van der Waals surface area contributed by atoms with Crippen molar-refractivity contribution < 1.29 is 23.8 Å². The third-order valence-electron chi connectivity index (χ3n) is 4.90. The lowest BCUT2D eigenvalue weighted by atomic mass is 10.1. The minimum Gasteiger partial charge on any atom is -0.490 e. The summed E-state index contributed by atoms with van der Waals surface area (Å²) in [6, 6.07) is 14.5. The maximum absolute atomic E-state index is 12.7. The van der Waals surface area contributed by atoms with Gasteiger partial charge in [-0.3, -0.25) is 4.79 Å². The molecule has 1 aliphatic heterocycles. The lowest BCUT2D eigenvalue weighted by molar-refractivity contribution is 0.0473. The quantitative estimate of drug-likeness (QED) is 0.475. The fourth-order valence-electron chi connectivity index (χ4n) is 3.38. The van der Waals surface area contributed by atoms with Gasteiger partial charge in [0.2, 0.25) is 0 Å². The molecule has 0 atom stereocenters. The van der Waals surface area contributed by atoms with Crippen molar-refractivity contribution >= 4 is 11.8 Å². The molecule has 0 bridgehead atoms. The summed E-state index contributed by atoms with van der Waals surface area (Å²) < 4.78 is 18.2.